The van der Waals surface area contributed by atoms with Crippen molar-refractivity contribution in [2.45, 2.75) is 78.0 Å². The number of likely N-dealkylation sites (tertiary alicyclic amines) is 1. The van der Waals surface area contributed by atoms with E-state index in [0.717, 1.165) is 35.5 Å². The maximum Gasteiger partial charge on any atom is 0.253 e. The van der Waals surface area contributed by atoms with Crippen LogP contribution in [0.4, 0.5) is 0 Å². The molecule has 2 aliphatic rings. The van der Waals surface area contributed by atoms with Crippen molar-refractivity contribution in [2.24, 2.45) is 5.92 Å². The van der Waals surface area contributed by atoms with E-state index in [4.69, 9.17) is 4.74 Å². The van der Waals surface area contributed by atoms with Crippen LogP contribution >= 0.6 is 11.3 Å². The van der Waals surface area contributed by atoms with Crippen LogP contribution in [0.3, 0.4) is 0 Å². The molecule has 180 valence electrons. The Morgan fingerprint density at radius 1 is 1.24 bits per heavy atom. The van der Waals surface area contributed by atoms with Gasteiger partial charge < -0.3 is 15.0 Å². The lowest BCUT2D eigenvalue weighted by Crippen LogP contribution is -2.56. The zero-order chi connectivity index (χ0) is 23.7. The van der Waals surface area contributed by atoms with Gasteiger partial charge in [0, 0.05) is 54.3 Å². The summed E-state index contributed by atoms with van der Waals surface area (Å²) in [4.78, 5) is 31.9. The van der Waals surface area contributed by atoms with Crippen molar-refractivity contribution < 1.29 is 9.53 Å². The van der Waals surface area contributed by atoms with Crippen LogP contribution in [0.25, 0.3) is 0 Å². The lowest BCUT2D eigenvalue weighted by Gasteiger charge is -2.46. The number of nitrogens with zero attached hydrogens (tertiary/aromatic N) is 1. The third kappa shape index (κ3) is 5.10. The second kappa shape index (κ2) is 10.1. The minimum atomic E-state index is -0.129. The van der Waals surface area contributed by atoms with Gasteiger partial charge in [-0.2, -0.15) is 0 Å². The minimum Gasteiger partial charge on any atom is -0.379 e. The normalized spacial score (nSPS) is 22.7. The van der Waals surface area contributed by atoms with Gasteiger partial charge >= 0.3 is 0 Å². The summed E-state index contributed by atoms with van der Waals surface area (Å²) in [5.41, 5.74) is 4.05. The summed E-state index contributed by atoms with van der Waals surface area (Å²) < 4.78 is 5.43. The van der Waals surface area contributed by atoms with Crippen LogP contribution in [0, 0.1) is 26.7 Å². The quantitative estimate of drug-likeness (QED) is 0.632. The van der Waals surface area contributed by atoms with Gasteiger partial charge in [-0.3, -0.25) is 14.5 Å². The number of carbonyl (C=O) groups is 1. The van der Waals surface area contributed by atoms with Crippen molar-refractivity contribution in [3.63, 3.8) is 0 Å². The number of thiophene rings is 1. The van der Waals surface area contributed by atoms with Crippen molar-refractivity contribution >= 4 is 17.2 Å². The number of pyridine rings is 1. The third-order valence-electron chi connectivity index (χ3n) is 7.83. The fraction of sp³-hybridized carbons (Fsp3) is 0.615. The summed E-state index contributed by atoms with van der Waals surface area (Å²) in [6.45, 7) is 10.6. The molecule has 2 N–H and O–H groups in total. The number of aryl methyl sites for hydroxylation is 2. The Bertz CT molecular complexity index is 1050. The molecule has 0 unspecified atom stereocenters. The number of rotatable bonds is 7. The van der Waals surface area contributed by atoms with E-state index in [1.54, 1.807) is 11.3 Å². The minimum absolute atomic E-state index is 0.101. The molecule has 6 nitrogen and oxygen atoms in total. The van der Waals surface area contributed by atoms with E-state index >= 15 is 0 Å². The van der Waals surface area contributed by atoms with Gasteiger partial charge in [0.25, 0.3) is 11.5 Å². The Balaban J connectivity index is 1.34. The maximum atomic E-state index is 12.9. The molecule has 1 amide bonds. The Morgan fingerprint density at radius 2 is 1.94 bits per heavy atom. The van der Waals surface area contributed by atoms with Gasteiger partial charge in [0.2, 0.25) is 0 Å². The van der Waals surface area contributed by atoms with Crippen molar-refractivity contribution in [3.8, 4) is 0 Å². The van der Waals surface area contributed by atoms with E-state index in [9.17, 15) is 9.59 Å². The average molecular weight is 472 g/mol. The molecular formula is C26H37N3O3S. The molecule has 1 atom stereocenters. The molecule has 2 fully saturated rings. The van der Waals surface area contributed by atoms with Crippen LogP contribution in [0.1, 0.15) is 76.1 Å². The molecule has 33 heavy (non-hydrogen) atoms. The van der Waals surface area contributed by atoms with Crippen LogP contribution in [0.2, 0.25) is 0 Å². The summed E-state index contributed by atoms with van der Waals surface area (Å²) in [7, 11) is 1.81. The monoisotopic (exact) mass is 471 g/mol. The number of nitrogens with one attached hydrogen (secondary N) is 2. The number of H-pyrrole nitrogens is 1. The highest BCUT2D eigenvalue weighted by molar-refractivity contribution is 7.10. The average Bonchev–Trinajstić information content (AvgIpc) is 3.13. The summed E-state index contributed by atoms with van der Waals surface area (Å²) >= 11 is 1.71. The molecule has 3 heterocycles. The number of methoxy groups -OCH3 is 1. The molecule has 4 rings (SSSR count). The Morgan fingerprint density at radius 3 is 2.58 bits per heavy atom. The van der Waals surface area contributed by atoms with E-state index in [1.807, 2.05) is 32.4 Å². The van der Waals surface area contributed by atoms with Gasteiger partial charge in [0.05, 0.1) is 11.7 Å². The standard InChI is InChI=1S/C26H37N3O3S/c1-15-10-16(2)28-26(31)22(15)11-27-25(30)23-14-33-24(18(23)4)17(3)19-6-8-20(9-7-19)29-12-21(13-29)32-5/h10,14,17,19-21H,6-9,11-13H2,1-5H3,(H,27,30)(H,28,31)/t17-,19-,20-/m0/s1. The van der Waals surface area contributed by atoms with E-state index in [-0.39, 0.29) is 18.0 Å². The summed E-state index contributed by atoms with van der Waals surface area (Å²) in [6, 6.07) is 2.64. The van der Waals surface area contributed by atoms with Gasteiger partial charge in [0.1, 0.15) is 0 Å². The zero-order valence-corrected chi connectivity index (χ0v) is 21.3. The number of carbonyl (C=O) groups excluding carboxylic acids is 1. The predicted molar refractivity (Wildman–Crippen MR) is 133 cm³/mol. The van der Waals surface area contributed by atoms with Gasteiger partial charge in [-0.05, 0) is 75.5 Å². The van der Waals surface area contributed by atoms with Crippen LogP contribution in [-0.2, 0) is 11.3 Å². The van der Waals surface area contributed by atoms with E-state index in [2.05, 4.69) is 29.0 Å². The van der Waals surface area contributed by atoms with Crippen molar-refractivity contribution in [1.29, 1.82) is 0 Å². The van der Waals surface area contributed by atoms with Crippen LogP contribution in [0.5, 0.6) is 0 Å². The first kappa shape index (κ1) is 24.2. The Kier molecular flexibility index (Phi) is 7.41. The molecule has 0 aromatic carbocycles. The molecule has 1 saturated heterocycles. The van der Waals surface area contributed by atoms with E-state index in [1.165, 1.54) is 30.6 Å². The highest BCUT2D eigenvalue weighted by Gasteiger charge is 2.36. The number of hydrogen-bond donors (Lipinski definition) is 2. The summed E-state index contributed by atoms with van der Waals surface area (Å²) in [5.74, 6) is 1.03. The fourth-order valence-corrected chi connectivity index (χ4v) is 6.79. The number of ether oxygens (including phenoxy) is 1. The molecular weight excluding hydrogens is 434 g/mol. The Hall–Kier alpha value is -1.96. The summed E-state index contributed by atoms with van der Waals surface area (Å²) in [6.07, 6.45) is 5.43. The largest absolute Gasteiger partial charge is 0.379 e. The van der Waals surface area contributed by atoms with E-state index < -0.39 is 0 Å². The lowest BCUT2D eigenvalue weighted by atomic mass is 9.77. The smallest absolute Gasteiger partial charge is 0.253 e. The maximum absolute atomic E-state index is 12.9. The van der Waals surface area contributed by atoms with Gasteiger partial charge in [-0.1, -0.05) is 6.92 Å². The second-order valence-corrected chi connectivity index (χ2v) is 10.8. The first-order valence-corrected chi connectivity index (χ1v) is 13.0. The van der Waals surface area contributed by atoms with Crippen molar-refractivity contribution in [3.05, 3.63) is 54.6 Å². The molecule has 0 spiro atoms. The van der Waals surface area contributed by atoms with Crippen LogP contribution in [-0.4, -0.2) is 48.1 Å². The van der Waals surface area contributed by atoms with Crippen LogP contribution in [0.15, 0.2) is 16.2 Å². The first-order chi connectivity index (χ1) is 15.8. The molecule has 1 aliphatic carbocycles. The number of amides is 1. The summed E-state index contributed by atoms with van der Waals surface area (Å²) in [5, 5.41) is 4.95. The molecule has 2 aromatic heterocycles. The molecule has 1 aliphatic heterocycles. The van der Waals surface area contributed by atoms with Gasteiger partial charge in [-0.15, -0.1) is 11.3 Å². The first-order valence-electron chi connectivity index (χ1n) is 12.1. The number of aromatic amines is 1. The molecule has 7 heteroatoms. The lowest BCUT2D eigenvalue weighted by molar-refractivity contribution is -0.0600. The fourth-order valence-electron chi connectivity index (χ4n) is 5.57. The molecule has 0 bridgehead atoms. The van der Waals surface area contributed by atoms with Crippen molar-refractivity contribution in [1.82, 2.24) is 15.2 Å². The van der Waals surface area contributed by atoms with Gasteiger partial charge in [-0.25, -0.2) is 0 Å². The predicted octanol–water partition coefficient (Wildman–Crippen LogP) is 4.28. The SMILES string of the molecule is COC1CN([C@H]2CC[C@H]([C@H](C)c3scc(C(=O)NCc4c(C)cc(C)[nH]c4=O)c3C)CC2)C1. The number of hydrogen-bond acceptors (Lipinski definition) is 5. The van der Waals surface area contributed by atoms with Gasteiger partial charge in [0.15, 0.2) is 0 Å². The second-order valence-electron chi connectivity index (χ2n) is 9.93. The Labute approximate surface area is 200 Å². The highest BCUT2D eigenvalue weighted by Crippen LogP contribution is 2.41. The van der Waals surface area contributed by atoms with E-state index in [0.29, 0.717) is 29.5 Å². The molecule has 1 saturated carbocycles. The number of aromatic nitrogens is 1. The topological polar surface area (TPSA) is 74.4 Å². The van der Waals surface area contributed by atoms with Crippen molar-refractivity contribution in [2.75, 3.05) is 20.2 Å². The van der Waals surface area contributed by atoms with Crippen LogP contribution < -0.4 is 10.9 Å². The molecule has 2 aromatic rings. The molecule has 0 radical (unpaired) electrons. The highest BCUT2D eigenvalue weighted by atomic mass is 32.1. The third-order valence-corrected chi connectivity index (χ3v) is 9.12. The zero-order valence-electron chi connectivity index (χ0n) is 20.5.